The number of ether oxygens (including phenoxy) is 4. The fourth-order valence-corrected chi connectivity index (χ4v) is 5.67. The Balaban J connectivity index is 1.36. The average molecular weight is 641 g/mol. The summed E-state index contributed by atoms with van der Waals surface area (Å²) >= 11 is 0. The van der Waals surface area contributed by atoms with Crippen LogP contribution in [0.3, 0.4) is 0 Å². The van der Waals surface area contributed by atoms with E-state index >= 15 is 0 Å². The summed E-state index contributed by atoms with van der Waals surface area (Å²) in [6.45, 7) is 9.82. The monoisotopic (exact) mass is 640 g/mol. The maximum Gasteiger partial charge on any atom is 0.419 e. The van der Waals surface area contributed by atoms with Crippen molar-refractivity contribution in [2.24, 2.45) is 0 Å². The van der Waals surface area contributed by atoms with Crippen molar-refractivity contribution in [3.8, 4) is 11.1 Å². The number of amides is 1. The molecule has 1 aliphatic carbocycles. The van der Waals surface area contributed by atoms with Crippen LogP contribution in [-0.2, 0) is 35.0 Å². The Morgan fingerprint density at radius 3 is 1.96 bits per heavy atom. The van der Waals surface area contributed by atoms with Crippen molar-refractivity contribution in [3.63, 3.8) is 0 Å². The van der Waals surface area contributed by atoms with Gasteiger partial charge in [-0.3, -0.25) is 4.57 Å². The number of nitrogens with one attached hydrogen (secondary N) is 1. The van der Waals surface area contributed by atoms with E-state index in [2.05, 4.69) is 5.32 Å². The van der Waals surface area contributed by atoms with Gasteiger partial charge in [-0.2, -0.15) is 0 Å². The normalized spacial score (nSPS) is 13.3. The molecule has 0 radical (unpaired) electrons. The molecule has 10 heteroatoms. The number of alkyl carbamates (subject to hydrolysis) is 1. The molecule has 0 bridgehead atoms. The molecule has 1 aromatic heterocycles. The lowest BCUT2D eigenvalue weighted by Gasteiger charge is -2.21. The summed E-state index contributed by atoms with van der Waals surface area (Å²) < 4.78 is 23.2. The standard InChI is InChI=1S/C37H40N2O8/c1-36(2,3)46-32(40)22-44-33(41)30(19-23-20-39(35(43)47-37(4,5)6)31-18-12-11-13-24(23)31)38-34(42)45-21-29-27-16-9-7-14-25(27)26-15-8-10-17-28(26)29/h7-18,20,29-30H,19,21-22H2,1-6H3,(H,38,42)/t30-/m0/s1. The molecule has 1 atom stereocenters. The van der Waals surface area contributed by atoms with E-state index in [9.17, 15) is 19.2 Å². The lowest BCUT2D eigenvalue weighted by atomic mass is 9.98. The maximum absolute atomic E-state index is 13.4. The lowest BCUT2D eigenvalue weighted by Crippen LogP contribution is -2.44. The fourth-order valence-electron chi connectivity index (χ4n) is 5.67. The minimum absolute atomic E-state index is 0.0392. The van der Waals surface area contributed by atoms with E-state index in [0.717, 1.165) is 22.3 Å². The zero-order chi connectivity index (χ0) is 33.9. The molecule has 5 rings (SSSR count). The van der Waals surface area contributed by atoms with Gasteiger partial charge in [0.2, 0.25) is 0 Å². The molecular weight excluding hydrogens is 600 g/mol. The highest BCUT2D eigenvalue weighted by Crippen LogP contribution is 2.44. The van der Waals surface area contributed by atoms with E-state index in [-0.39, 0.29) is 18.9 Å². The molecule has 0 spiro atoms. The molecule has 47 heavy (non-hydrogen) atoms. The molecule has 0 unspecified atom stereocenters. The van der Waals surface area contributed by atoms with Gasteiger partial charge in [0, 0.05) is 23.9 Å². The van der Waals surface area contributed by atoms with Gasteiger partial charge in [0.15, 0.2) is 6.61 Å². The van der Waals surface area contributed by atoms with Gasteiger partial charge in [0.1, 0.15) is 23.9 Å². The van der Waals surface area contributed by atoms with E-state index in [0.29, 0.717) is 16.5 Å². The predicted molar refractivity (Wildman–Crippen MR) is 176 cm³/mol. The Morgan fingerprint density at radius 2 is 1.34 bits per heavy atom. The smallest absolute Gasteiger partial charge is 0.419 e. The van der Waals surface area contributed by atoms with Crippen molar-refractivity contribution in [1.82, 2.24) is 9.88 Å². The number of fused-ring (bicyclic) bond motifs is 4. The Bertz CT molecular complexity index is 1770. The van der Waals surface area contributed by atoms with Crippen LogP contribution in [0.1, 0.15) is 64.2 Å². The number of carbonyl (C=O) groups excluding carboxylic acids is 4. The quantitative estimate of drug-likeness (QED) is 0.166. The molecule has 3 aromatic carbocycles. The van der Waals surface area contributed by atoms with Crippen LogP contribution in [0.5, 0.6) is 0 Å². The number of hydrogen-bond donors (Lipinski definition) is 1. The molecule has 1 aliphatic rings. The van der Waals surface area contributed by atoms with Crippen LogP contribution in [0.15, 0.2) is 79.0 Å². The average Bonchev–Trinajstić information content (AvgIpc) is 3.53. The van der Waals surface area contributed by atoms with Crippen LogP contribution >= 0.6 is 0 Å². The SMILES string of the molecule is CC(C)(C)OC(=O)COC(=O)[C@H](Cc1cn(C(=O)OC(C)(C)C)c2ccccc12)NC(=O)OCC1c2ccccc2-c2ccccc21. The number of nitrogens with zero attached hydrogens (tertiary/aromatic N) is 1. The fraction of sp³-hybridized carbons (Fsp3) is 0.351. The van der Waals surface area contributed by atoms with Crippen LogP contribution in [0, 0.1) is 0 Å². The van der Waals surface area contributed by atoms with E-state index < -0.39 is 48.0 Å². The van der Waals surface area contributed by atoms with Crippen LogP contribution in [0.2, 0.25) is 0 Å². The van der Waals surface area contributed by atoms with Crippen molar-refractivity contribution in [2.45, 2.75) is 71.1 Å². The molecule has 0 saturated heterocycles. The predicted octanol–water partition coefficient (Wildman–Crippen LogP) is 6.76. The first-order chi connectivity index (χ1) is 22.2. The molecule has 4 aromatic rings. The van der Waals surface area contributed by atoms with Crippen molar-refractivity contribution < 1.29 is 38.1 Å². The highest BCUT2D eigenvalue weighted by Gasteiger charge is 2.31. The van der Waals surface area contributed by atoms with Crippen molar-refractivity contribution >= 4 is 35.0 Å². The minimum Gasteiger partial charge on any atom is -0.457 e. The first-order valence-electron chi connectivity index (χ1n) is 15.5. The summed E-state index contributed by atoms with van der Waals surface area (Å²) in [5.74, 6) is -1.77. The first-order valence-corrected chi connectivity index (χ1v) is 15.5. The van der Waals surface area contributed by atoms with Crippen LogP contribution in [0.4, 0.5) is 9.59 Å². The molecule has 0 aliphatic heterocycles. The number of benzene rings is 3. The van der Waals surface area contributed by atoms with Crippen molar-refractivity contribution in [3.05, 3.63) is 95.7 Å². The lowest BCUT2D eigenvalue weighted by molar-refractivity contribution is -0.167. The molecule has 1 amide bonds. The molecule has 1 N–H and O–H groups in total. The Labute approximate surface area is 273 Å². The number of carbonyl (C=O) groups is 4. The van der Waals surface area contributed by atoms with Gasteiger partial charge in [-0.1, -0.05) is 66.7 Å². The first kappa shape index (κ1) is 33.2. The second-order valence-electron chi connectivity index (χ2n) is 13.4. The number of aromatic nitrogens is 1. The topological polar surface area (TPSA) is 122 Å². The highest BCUT2D eigenvalue weighted by atomic mass is 16.6. The third-order valence-corrected chi connectivity index (χ3v) is 7.48. The summed E-state index contributed by atoms with van der Waals surface area (Å²) in [5.41, 5.74) is 3.90. The molecule has 0 fully saturated rings. The van der Waals surface area contributed by atoms with E-state index in [1.165, 1.54) is 4.57 Å². The Hall–Kier alpha value is -5.12. The third-order valence-electron chi connectivity index (χ3n) is 7.48. The Morgan fingerprint density at radius 1 is 0.766 bits per heavy atom. The van der Waals surface area contributed by atoms with Crippen LogP contribution < -0.4 is 5.32 Å². The van der Waals surface area contributed by atoms with Gasteiger partial charge in [-0.25, -0.2) is 19.2 Å². The van der Waals surface area contributed by atoms with E-state index in [1.54, 1.807) is 65.9 Å². The zero-order valence-electron chi connectivity index (χ0n) is 27.5. The minimum atomic E-state index is -1.26. The molecule has 246 valence electrons. The summed E-state index contributed by atoms with van der Waals surface area (Å²) in [6, 6.07) is 21.8. The van der Waals surface area contributed by atoms with Gasteiger partial charge in [-0.05, 0) is 75.4 Å². The van der Waals surface area contributed by atoms with Crippen LogP contribution in [0.25, 0.3) is 22.0 Å². The van der Waals surface area contributed by atoms with Gasteiger partial charge >= 0.3 is 24.1 Å². The molecule has 10 nitrogen and oxygen atoms in total. The van der Waals surface area contributed by atoms with Crippen LogP contribution in [-0.4, -0.2) is 59.1 Å². The highest BCUT2D eigenvalue weighted by molar-refractivity contribution is 5.93. The van der Waals surface area contributed by atoms with Gasteiger partial charge in [0.25, 0.3) is 0 Å². The summed E-state index contributed by atoms with van der Waals surface area (Å²) in [6.07, 6.45) is 0.0930. The summed E-state index contributed by atoms with van der Waals surface area (Å²) in [4.78, 5) is 52.1. The molecule has 0 saturated carbocycles. The third kappa shape index (κ3) is 8.00. The van der Waals surface area contributed by atoms with Gasteiger partial charge < -0.3 is 24.3 Å². The largest absolute Gasteiger partial charge is 0.457 e. The number of hydrogen-bond acceptors (Lipinski definition) is 8. The van der Waals surface area contributed by atoms with E-state index in [1.807, 2.05) is 54.6 Å². The second kappa shape index (κ2) is 13.3. The molecular formula is C37H40N2O8. The van der Waals surface area contributed by atoms with Crippen molar-refractivity contribution in [1.29, 1.82) is 0 Å². The van der Waals surface area contributed by atoms with Gasteiger partial charge in [-0.15, -0.1) is 0 Å². The number of para-hydroxylation sites is 1. The second-order valence-corrected chi connectivity index (χ2v) is 13.4. The van der Waals surface area contributed by atoms with Crippen molar-refractivity contribution in [2.75, 3.05) is 13.2 Å². The number of rotatable bonds is 8. The Kier molecular flexibility index (Phi) is 9.42. The van der Waals surface area contributed by atoms with Gasteiger partial charge in [0.05, 0.1) is 5.52 Å². The zero-order valence-corrected chi connectivity index (χ0v) is 27.5. The maximum atomic E-state index is 13.4. The number of esters is 2. The summed E-state index contributed by atoms with van der Waals surface area (Å²) in [5, 5.41) is 3.32. The van der Waals surface area contributed by atoms with E-state index in [4.69, 9.17) is 18.9 Å². The molecule has 1 heterocycles. The summed E-state index contributed by atoms with van der Waals surface area (Å²) in [7, 11) is 0.